The van der Waals surface area contributed by atoms with E-state index < -0.39 is 22.0 Å². The largest absolute Gasteiger partial charge is 0.495 e. The Balaban J connectivity index is 2.24. The molecule has 0 spiro atoms. The minimum atomic E-state index is -3.75. The Kier molecular flexibility index (Phi) is 7.66. The second-order valence-corrected chi connectivity index (χ2v) is 10.9. The highest BCUT2D eigenvalue weighted by Gasteiger charge is 2.30. The number of hydrogen-bond acceptors (Lipinski definition) is 4. The minimum absolute atomic E-state index is 0.0369. The third-order valence-electron chi connectivity index (χ3n) is 5.11. The number of carbonyl (C=O) groups is 1. The predicted molar refractivity (Wildman–Crippen MR) is 126 cm³/mol. The average molecular weight is 467 g/mol. The monoisotopic (exact) mass is 466 g/mol. The van der Waals surface area contributed by atoms with Crippen molar-refractivity contribution in [3.63, 3.8) is 0 Å². The SMILES string of the molecule is COc1ccc(N(C(C)C(=O)NC(C)c2ccc(C(C)(C)C)cc2)S(C)(=O)=O)cc1Cl. The molecule has 0 aromatic heterocycles. The van der Waals surface area contributed by atoms with Gasteiger partial charge in [0.1, 0.15) is 11.8 Å². The van der Waals surface area contributed by atoms with Crippen LogP contribution in [0.5, 0.6) is 5.75 Å². The lowest BCUT2D eigenvalue weighted by Gasteiger charge is -2.29. The summed E-state index contributed by atoms with van der Waals surface area (Å²) < 4.78 is 31.2. The van der Waals surface area contributed by atoms with E-state index in [1.807, 2.05) is 31.2 Å². The van der Waals surface area contributed by atoms with Gasteiger partial charge in [-0.2, -0.15) is 0 Å². The molecule has 0 aliphatic rings. The molecule has 31 heavy (non-hydrogen) atoms. The van der Waals surface area contributed by atoms with Crippen molar-refractivity contribution < 1.29 is 17.9 Å². The average Bonchev–Trinajstić information content (AvgIpc) is 2.66. The van der Waals surface area contributed by atoms with Gasteiger partial charge < -0.3 is 10.1 Å². The van der Waals surface area contributed by atoms with Crippen LogP contribution >= 0.6 is 11.6 Å². The van der Waals surface area contributed by atoms with Gasteiger partial charge in [0.15, 0.2) is 0 Å². The molecular formula is C23H31ClN2O4S. The maximum Gasteiger partial charge on any atom is 0.244 e. The van der Waals surface area contributed by atoms with Gasteiger partial charge in [0.25, 0.3) is 0 Å². The fraction of sp³-hybridized carbons (Fsp3) is 0.435. The first kappa shape index (κ1) is 25.0. The lowest BCUT2D eigenvalue weighted by molar-refractivity contribution is -0.122. The Labute approximate surface area is 190 Å². The lowest BCUT2D eigenvalue weighted by Crippen LogP contribution is -2.48. The Hall–Kier alpha value is -2.25. The highest BCUT2D eigenvalue weighted by atomic mass is 35.5. The lowest BCUT2D eigenvalue weighted by atomic mass is 9.86. The van der Waals surface area contributed by atoms with Crippen LogP contribution in [0.4, 0.5) is 5.69 Å². The first-order chi connectivity index (χ1) is 14.3. The van der Waals surface area contributed by atoms with E-state index in [-0.39, 0.29) is 22.2 Å². The maximum atomic E-state index is 12.9. The zero-order chi connectivity index (χ0) is 23.6. The molecule has 6 nitrogen and oxygen atoms in total. The molecule has 1 N–H and O–H groups in total. The van der Waals surface area contributed by atoms with Crippen molar-refractivity contribution in [2.24, 2.45) is 0 Å². The zero-order valence-corrected chi connectivity index (χ0v) is 20.6. The van der Waals surface area contributed by atoms with Crippen LogP contribution in [0.1, 0.15) is 51.8 Å². The van der Waals surface area contributed by atoms with Crippen LogP contribution in [-0.2, 0) is 20.2 Å². The number of sulfonamides is 1. The summed E-state index contributed by atoms with van der Waals surface area (Å²) in [4.78, 5) is 12.9. The van der Waals surface area contributed by atoms with Crippen LogP contribution in [0.3, 0.4) is 0 Å². The molecule has 0 saturated carbocycles. The molecule has 0 radical (unpaired) electrons. The highest BCUT2D eigenvalue weighted by Crippen LogP contribution is 2.31. The van der Waals surface area contributed by atoms with Gasteiger partial charge in [-0.15, -0.1) is 0 Å². The molecule has 2 unspecified atom stereocenters. The third-order valence-corrected chi connectivity index (χ3v) is 6.65. The number of nitrogens with one attached hydrogen (secondary N) is 1. The quantitative estimate of drug-likeness (QED) is 0.642. The van der Waals surface area contributed by atoms with E-state index in [4.69, 9.17) is 16.3 Å². The Morgan fingerprint density at radius 2 is 1.68 bits per heavy atom. The third kappa shape index (κ3) is 6.14. The molecular weight excluding hydrogens is 436 g/mol. The molecule has 2 rings (SSSR count). The fourth-order valence-electron chi connectivity index (χ4n) is 3.29. The summed E-state index contributed by atoms with van der Waals surface area (Å²) in [5, 5.41) is 3.17. The number of benzene rings is 2. The van der Waals surface area contributed by atoms with Gasteiger partial charge in [-0.1, -0.05) is 56.6 Å². The number of rotatable bonds is 7. The van der Waals surface area contributed by atoms with Crippen molar-refractivity contribution in [2.45, 2.75) is 52.1 Å². The molecule has 2 atom stereocenters. The standard InChI is InChI=1S/C23H31ClN2O4S/c1-15(17-8-10-18(11-9-17)23(3,4)5)25-22(27)16(2)26(31(7,28)29)19-12-13-21(30-6)20(24)14-19/h8-16H,1-7H3,(H,25,27). The molecule has 0 aliphatic carbocycles. The van der Waals surface area contributed by atoms with Gasteiger partial charge in [-0.05, 0) is 48.6 Å². The molecule has 0 saturated heterocycles. The molecule has 170 valence electrons. The highest BCUT2D eigenvalue weighted by molar-refractivity contribution is 7.92. The van der Waals surface area contributed by atoms with Gasteiger partial charge in [0.2, 0.25) is 15.9 Å². The van der Waals surface area contributed by atoms with Crippen molar-refractivity contribution in [1.29, 1.82) is 0 Å². The van der Waals surface area contributed by atoms with E-state index in [9.17, 15) is 13.2 Å². The van der Waals surface area contributed by atoms with E-state index in [0.29, 0.717) is 5.75 Å². The zero-order valence-electron chi connectivity index (χ0n) is 19.1. The topological polar surface area (TPSA) is 75.7 Å². The summed E-state index contributed by atoms with van der Waals surface area (Å²) in [5.74, 6) is 0.00746. The molecule has 8 heteroatoms. The van der Waals surface area contributed by atoms with Crippen molar-refractivity contribution in [3.8, 4) is 5.75 Å². The molecule has 0 bridgehead atoms. The summed E-state index contributed by atoms with van der Waals surface area (Å²) in [5.41, 5.74) is 2.46. The van der Waals surface area contributed by atoms with Crippen LogP contribution in [0, 0.1) is 0 Å². The number of methoxy groups -OCH3 is 1. The first-order valence-electron chi connectivity index (χ1n) is 9.99. The Bertz CT molecular complexity index is 1030. The van der Waals surface area contributed by atoms with E-state index in [0.717, 1.165) is 16.1 Å². The number of anilines is 1. The second-order valence-electron chi connectivity index (χ2n) is 8.66. The minimum Gasteiger partial charge on any atom is -0.495 e. The molecule has 2 aromatic carbocycles. The van der Waals surface area contributed by atoms with Crippen LogP contribution in [0.2, 0.25) is 5.02 Å². The van der Waals surface area contributed by atoms with Gasteiger partial charge in [0.05, 0.1) is 30.1 Å². The summed E-state index contributed by atoms with van der Waals surface area (Å²) in [6.45, 7) is 9.83. The predicted octanol–water partition coefficient (Wildman–Crippen LogP) is 4.68. The van der Waals surface area contributed by atoms with Gasteiger partial charge in [-0.25, -0.2) is 8.42 Å². The molecule has 0 fully saturated rings. The number of hydrogen-bond donors (Lipinski definition) is 1. The van der Waals surface area contributed by atoms with Crippen molar-refractivity contribution in [3.05, 3.63) is 58.6 Å². The molecule has 0 aliphatic heterocycles. The number of ether oxygens (including phenoxy) is 1. The van der Waals surface area contributed by atoms with E-state index >= 15 is 0 Å². The number of carbonyl (C=O) groups excluding carboxylic acids is 1. The summed E-state index contributed by atoms with van der Waals surface area (Å²) in [6.07, 6.45) is 1.06. The number of halogens is 1. The molecule has 2 aromatic rings. The van der Waals surface area contributed by atoms with Crippen LogP contribution in [-0.4, -0.2) is 33.7 Å². The van der Waals surface area contributed by atoms with Crippen molar-refractivity contribution in [2.75, 3.05) is 17.7 Å². The van der Waals surface area contributed by atoms with E-state index in [1.165, 1.54) is 18.7 Å². The van der Waals surface area contributed by atoms with Gasteiger partial charge in [-0.3, -0.25) is 9.10 Å². The smallest absolute Gasteiger partial charge is 0.244 e. The van der Waals surface area contributed by atoms with E-state index in [2.05, 4.69) is 26.1 Å². The fourth-order valence-corrected chi connectivity index (χ4v) is 4.71. The van der Waals surface area contributed by atoms with Crippen LogP contribution in [0.15, 0.2) is 42.5 Å². The van der Waals surface area contributed by atoms with Gasteiger partial charge in [0, 0.05) is 0 Å². The van der Waals surface area contributed by atoms with Gasteiger partial charge >= 0.3 is 0 Å². The number of nitrogens with zero attached hydrogens (tertiary/aromatic N) is 1. The Morgan fingerprint density at radius 1 is 1.10 bits per heavy atom. The van der Waals surface area contributed by atoms with Crippen molar-refractivity contribution >= 4 is 33.2 Å². The first-order valence-corrected chi connectivity index (χ1v) is 12.2. The van der Waals surface area contributed by atoms with Crippen LogP contribution in [0.25, 0.3) is 0 Å². The summed E-state index contributed by atoms with van der Waals surface area (Å²) in [7, 11) is -2.28. The normalized spacial score (nSPS) is 13.9. The Morgan fingerprint density at radius 3 is 2.13 bits per heavy atom. The summed E-state index contributed by atoms with van der Waals surface area (Å²) >= 11 is 6.17. The number of amides is 1. The molecule has 0 heterocycles. The van der Waals surface area contributed by atoms with E-state index in [1.54, 1.807) is 19.1 Å². The summed E-state index contributed by atoms with van der Waals surface area (Å²) in [6, 6.07) is 11.4. The van der Waals surface area contributed by atoms with Crippen LogP contribution < -0.4 is 14.4 Å². The maximum absolute atomic E-state index is 12.9. The molecule has 1 amide bonds. The van der Waals surface area contributed by atoms with Crippen molar-refractivity contribution in [1.82, 2.24) is 5.32 Å². The second kappa shape index (κ2) is 9.49.